The number of carbonyl (C=O) groups excluding carboxylic acids is 1. The zero-order chi connectivity index (χ0) is 18.8. The third-order valence-corrected chi connectivity index (χ3v) is 4.28. The number of pyridine rings is 1. The lowest BCUT2D eigenvalue weighted by Gasteiger charge is -2.11. The van der Waals surface area contributed by atoms with Gasteiger partial charge in [-0.25, -0.2) is 0 Å². The molecule has 132 valence electrons. The van der Waals surface area contributed by atoms with Gasteiger partial charge in [-0.2, -0.15) is 0 Å². The summed E-state index contributed by atoms with van der Waals surface area (Å²) >= 11 is 0. The molecular formula is C21H16N4O2. The second-order valence-electron chi connectivity index (χ2n) is 6.08. The lowest BCUT2D eigenvalue weighted by molar-refractivity contribution is 0.102. The Bertz CT molecular complexity index is 1140. The zero-order valence-electron chi connectivity index (χ0n) is 14.3. The van der Waals surface area contributed by atoms with E-state index in [1.165, 1.54) is 0 Å². The van der Waals surface area contributed by atoms with Gasteiger partial charge in [-0.15, -0.1) is 0 Å². The Morgan fingerprint density at radius 3 is 2.70 bits per heavy atom. The summed E-state index contributed by atoms with van der Waals surface area (Å²) in [6.45, 7) is 0. The van der Waals surface area contributed by atoms with Gasteiger partial charge in [0.25, 0.3) is 5.91 Å². The van der Waals surface area contributed by atoms with Crippen LogP contribution in [0.2, 0.25) is 0 Å². The van der Waals surface area contributed by atoms with Crippen molar-refractivity contribution in [3.8, 4) is 11.1 Å². The van der Waals surface area contributed by atoms with Crippen LogP contribution >= 0.6 is 0 Å². The molecule has 4 rings (SSSR count). The van der Waals surface area contributed by atoms with E-state index in [0.717, 1.165) is 21.9 Å². The van der Waals surface area contributed by atoms with Crippen LogP contribution in [-0.4, -0.2) is 16.7 Å². The molecule has 0 aliphatic rings. The molecule has 0 radical (unpaired) electrons. The van der Waals surface area contributed by atoms with E-state index in [2.05, 4.69) is 10.3 Å². The summed E-state index contributed by atoms with van der Waals surface area (Å²) in [5, 5.41) is 12.3. The minimum Gasteiger partial charge on any atom is -0.472 e. The molecule has 6 heteroatoms. The fourth-order valence-corrected chi connectivity index (χ4v) is 2.95. The Morgan fingerprint density at radius 2 is 2.00 bits per heavy atom. The predicted octanol–water partition coefficient (Wildman–Crippen LogP) is 4.03. The van der Waals surface area contributed by atoms with Crippen LogP contribution in [0.1, 0.15) is 15.9 Å². The summed E-state index contributed by atoms with van der Waals surface area (Å²) in [6, 6.07) is 14.5. The molecule has 2 aromatic heterocycles. The lowest BCUT2D eigenvalue weighted by Crippen LogP contribution is -2.13. The second-order valence-corrected chi connectivity index (χ2v) is 6.08. The van der Waals surface area contributed by atoms with Crippen molar-refractivity contribution in [2.24, 2.45) is 5.73 Å². The Kier molecular flexibility index (Phi) is 4.14. The highest BCUT2D eigenvalue weighted by atomic mass is 16.3. The molecule has 0 bridgehead atoms. The van der Waals surface area contributed by atoms with Gasteiger partial charge in [0, 0.05) is 22.9 Å². The summed E-state index contributed by atoms with van der Waals surface area (Å²) in [5.74, 6) is -0.237. The highest BCUT2D eigenvalue weighted by Gasteiger charge is 2.14. The second kappa shape index (κ2) is 6.76. The maximum Gasteiger partial charge on any atom is 0.255 e. The minimum atomic E-state index is -0.231. The smallest absolute Gasteiger partial charge is 0.255 e. The molecule has 0 saturated carbocycles. The number of carbonyl (C=O) groups is 1. The number of amides is 1. The molecule has 0 unspecified atom stereocenters. The molecule has 27 heavy (non-hydrogen) atoms. The van der Waals surface area contributed by atoms with Crippen LogP contribution in [0.5, 0.6) is 0 Å². The molecule has 4 aromatic rings. The fraction of sp³-hybridized carbons (Fsp3) is 0. The third-order valence-electron chi connectivity index (χ3n) is 4.28. The summed E-state index contributed by atoms with van der Waals surface area (Å²) in [6.07, 6.45) is 6.45. The van der Waals surface area contributed by atoms with Gasteiger partial charge >= 0.3 is 0 Å². The molecule has 4 N–H and O–H groups in total. The van der Waals surface area contributed by atoms with E-state index in [9.17, 15) is 4.79 Å². The first-order valence-corrected chi connectivity index (χ1v) is 8.28. The van der Waals surface area contributed by atoms with Crippen molar-refractivity contribution in [2.45, 2.75) is 0 Å². The molecule has 0 atom stereocenters. The predicted molar refractivity (Wildman–Crippen MR) is 105 cm³/mol. The van der Waals surface area contributed by atoms with Crippen LogP contribution in [0.15, 0.2) is 77.9 Å². The SMILES string of the molecule is N=C(N)c1ccc2cc(C(=O)Nc3cccnc3)cc(-c3ccoc3)c2c1. The van der Waals surface area contributed by atoms with Gasteiger partial charge in [0.2, 0.25) is 0 Å². The van der Waals surface area contributed by atoms with Crippen molar-refractivity contribution in [3.63, 3.8) is 0 Å². The van der Waals surface area contributed by atoms with Crippen molar-refractivity contribution < 1.29 is 9.21 Å². The number of nitrogen functional groups attached to an aromatic ring is 1. The number of fused-ring (bicyclic) bond motifs is 1. The molecule has 6 nitrogen and oxygen atoms in total. The Hall–Kier alpha value is -3.93. The third kappa shape index (κ3) is 3.28. The highest BCUT2D eigenvalue weighted by Crippen LogP contribution is 2.31. The van der Waals surface area contributed by atoms with Crippen molar-refractivity contribution in [2.75, 3.05) is 5.32 Å². The van der Waals surface area contributed by atoms with E-state index >= 15 is 0 Å². The number of nitrogens with zero attached hydrogens (tertiary/aromatic N) is 1. The average Bonchev–Trinajstić information content (AvgIpc) is 3.22. The largest absolute Gasteiger partial charge is 0.472 e. The van der Waals surface area contributed by atoms with Crippen LogP contribution in [-0.2, 0) is 0 Å². The summed E-state index contributed by atoms with van der Waals surface area (Å²) < 4.78 is 5.22. The highest BCUT2D eigenvalue weighted by molar-refractivity contribution is 6.10. The van der Waals surface area contributed by atoms with Gasteiger partial charge in [0.15, 0.2) is 0 Å². The van der Waals surface area contributed by atoms with Crippen molar-refractivity contribution in [1.29, 1.82) is 5.41 Å². The van der Waals surface area contributed by atoms with E-state index in [0.29, 0.717) is 16.8 Å². The van der Waals surface area contributed by atoms with Crippen LogP contribution in [0, 0.1) is 5.41 Å². The Morgan fingerprint density at radius 1 is 1.11 bits per heavy atom. The number of aromatic nitrogens is 1. The van der Waals surface area contributed by atoms with Crippen LogP contribution in [0.25, 0.3) is 21.9 Å². The van der Waals surface area contributed by atoms with E-state index < -0.39 is 0 Å². The lowest BCUT2D eigenvalue weighted by atomic mass is 9.95. The van der Waals surface area contributed by atoms with Crippen LogP contribution < -0.4 is 11.1 Å². The standard InChI is InChI=1S/C21H16N4O2/c22-20(23)14-4-3-13-8-16(21(26)25-17-2-1-6-24-11-17)10-19(18(13)9-14)15-5-7-27-12-15/h1-12H,(H3,22,23)(H,25,26). The number of furan rings is 1. The van der Waals surface area contributed by atoms with Crippen LogP contribution in [0.4, 0.5) is 5.69 Å². The number of benzene rings is 2. The molecule has 0 aliphatic heterocycles. The summed E-state index contributed by atoms with van der Waals surface area (Å²) in [4.78, 5) is 16.7. The number of hydrogen-bond acceptors (Lipinski definition) is 4. The molecule has 0 fully saturated rings. The number of amidine groups is 1. The van der Waals surface area contributed by atoms with Crippen molar-refractivity contribution in [3.05, 3.63) is 84.6 Å². The van der Waals surface area contributed by atoms with Gasteiger partial charge < -0.3 is 15.5 Å². The number of nitrogens with one attached hydrogen (secondary N) is 2. The van der Waals surface area contributed by atoms with Gasteiger partial charge in [-0.3, -0.25) is 15.2 Å². The van der Waals surface area contributed by atoms with Crippen LogP contribution in [0.3, 0.4) is 0 Å². The van der Waals surface area contributed by atoms with Gasteiger partial charge in [0.1, 0.15) is 5.84 Å². The van der Waals surface area contributed by atoms with E-state index in [1.54, 1.807) is 43.1 Å². The van der Waals surface area contributed by atoms with Crippen molar-refractivity contribution >= 4 is 28.2 Å². The summed E-state index contributed by atoms with van der Waals surface area (Å²) in [7, 11) is 0. The first-order chi connectivity index (χ1) is 13.1. The molecule has 0 spiro atoms. The Labute approximate surface area is 155 Å². The first-order valence-electron chi connectivity index (χ1n) is 8.28. The first kappa shape index (κ1) is 16.5. The van der Waals surface area contributed by atoms with E-state index in [1.807, 2.05) is 30.3 Å². The average molecular weight is 356 g/mol. The normalized spacial score (nSPS) is 10.7. The molecule has 1 amide bonds. The Balaban J connectivity index is 1.84. The van der Waals surface area contributed by atoms with E-state index in [4.69, 9.17) is 15.6 Å². The molecule has 0 aliphatic carbocycles. The maximum absolute atomic E-state index is 12.7. The minimum absolute atomic E-state index is 0.00607. The number of nitrogens with two attached hydrogens (primary N) is 1. The molecule has 2 heterocycles. The fourth-order valence-electron chi connectivity index (χ4n) is 2.95. The number of rotatable bonds is 4. The topological polar surface area (TPSA) is 105 Å². The summed E-state index contributed by atoms with van der Waals surface area (Å²) in [5.41, 5.74) is 9.07. The number of anilines is 1. The molecule has 0 saturated heterocycles. The van der Waals surface area contributed by atoms with Gasteiger partial charge in [-0.05, 0) is 52.7 Å². The van der Waals surface area contributed by atoms with E-state index in [-0.39, 0.29) is 11.7 Å². The number of hydrogen-bond donors (Lipinski definition) is 3. The monoisotopic (exact) mass is 356 g/mol. The van der Waals surface area contributed by atoms with Gasteiger partial charge in [0.05, 0.1) is 24.4 Å². The molecular weight excluding hydrogens is 340 g/mol. The maximum atomic E-state index is 12.7. The van der Waals surface area contributed by atoms with Crippen molar-refractivity contribution in [1.82, 2.24) is 4.98 Å². The van der Waals surface area contributed by atoms with Gasteiger partial charge in [-0.1, -0.05) is 12.1 Å². The zero-order valence-corrected chi connectivity index (χ0v) is 14.3. The quantitative estimate of drug-likeness (QED) is 0.379. The molecule has 2 aromatic carbocycles.